The maximum atomic E-state index is 13.0. The van der Waals surface area contributed by atoms with Gasteiger partial charge in [0.1, 0.15) is 23.9 Å². The van der Waals surface area contributed by atoms with E-state index in [1.165, 1.54) is 12.1 Å². The molecule has 1 amide bonds. The molecule has 1 atom stereocenters. The van der Waals surface area contributed by atoms with Gasteiger partial charge in [0.15, 0.2) is 5.60 Å². The van der Waals surface area contributed by atoms with Crippen LogP contribution in [0.2, 0.25) is 0 Å². The quantitative estimate of drug-likeness (QED) is 0.579. The molecule has 2 aliphatic rings. The van der Waals surface area contributed by atoms with E-state index in [-0.39, 0.29) is 30.3 Å². The van der Waals surface area contributed by atoms with Crippen molar-refractivity contribution in [2.45, 2.75) is 52.3 Å². The van der Waals surface area contributed by atoms with Crippen LogP contribution in [0.4, 0.5) is 18.9 Å². The number of amides is 1. The molecule has 1 N–H and O–H groups in total. The van der Waals surface area contributed by atoms with Gasteiger partial charge in [0.25, 0.3) is 0 Å². The zero-order chi connectivity index (χ0) is 24.1. The van der Waals surface area contributed by atoms with Crippen molar-refractivity contribution in [2.24, 2.45) is 0 Å². The Labute approximate surface area is 190 Å². The number of alkyl halides is 3. The molecule has 5 nitrogen and oxygen atoms in total. The summed E-state index contributed by atoms with van der Waals surface area (Å²) in [5.74, 6) is 5.38. The van der Waals surface area contributed by atoms with E-state index in [0.29, 0.717) is 29.1 Å². The molecule has 2 aromatic rings. The molecule has 0 saturated carbocycles. The average Bonchev–Trinajstić information content (AvgIpc) is 2.78. The van der Waals surface area contributed by atoms with Crippen molar-refractivity contribution in [1.29, 1.82) is 0 Å². The third-order valence-electron chi connectivity index (χ3n) is 6.30. The number of halogens is 3. The Kier molecular flexibility index (Phi) is 5.47. The van der Waals surface area contributed by atoms with Crippen LogP contribution in [0.25, 0.3) is 0 Å². The Balaban J connectivity index is 1.65. The predicted molar refractivity (Wildman–Crippen MR) is 117 cm³/mol. The normalized spacial score (nSPS) is 19.4. The molecule has 33 heavy (non-hydrogen) atoms. The summed E-state index contributed by atoms with van der Waals surface area (Å²) >= 11 is 0. The summed E-state index contributed by atoms with van der Waals surface area (Å²) in [6, 6.07) is 4.60. The predicted octanol–water partition coefficient (Wildman–Crippen LogP) is 4.74. The average molecular weight is 459 g/mol. The molecule has 0 saturated heterocycles. The van der Waals surface area contributed by atoms with Crippen LogP contribution in [-0.2, 0) is 11.2 Å². The number of aromatic hydroxyl groups is 1. The number of hydrogen-bond donors (Lipinski definition) is 1. The number of benzene rings is 2. The first-order valence-corrected chi connectivity index (χ1v) is 10.6. The van der Waals surface area contributed by atoms with Crippen LogP contribution < -0.4 is 14.4 Å². The second kappa shape index (κ2) is 7.91. The molecular weight excluding hydrogens is 435 g/mol. The third kappa shape index (κ3) is 4.08. The number of phenols is 1. The Morgan fingerprint density at radius 1 is 1.18 bits per heavy atom. The molecule has 4 rings (SSSR count). The smallest absolute Gasteiger partial charge is 0.471 e. The van der Waals surface area contributed by atoms with E-state index < -0.39 is 17.7 Å². The highest BCUT2D eigenvalue weighted by molar-refractivity contribution is 5.99. The number of fused-ring (bicyclic) bond motifs is 2. The van der Waals surface area contributed by atoms with E-state index in [4.69, 9.17) is 9.47 Å². The van der Waals surface area contributed by atoms with Crippen LogP contribution in [0.15, 0.2) is 18.2 Å². The summed E-state index contributed by atoms with van der Waals surface area (Å²) in [6.45, 7) is 7.25. The van der Waals surface area contributed by atoms with Crippen molar-refractivity contribution in [3.63, 3.8) is 0 Å². The maximum absolute atomic E-state index is 13.0. The lowest BCUT2D eigenvalue weighted by Gasteiger charge is -2.34. The summed E-state index contributed by atoms with van der Waals surface area (Å²) in [6.07, 6.45) is -3.72. The minimum absolute atomic E-state index is 0.0150. The van der Waals surface area contributed by atoms with Gasteiger partial charge in [0.05, 0.1) is 12.2 Å². The number of hydrogen-bond acceptors (Lipinski definition) is 4. The zero-order valence-electron chi connectivity index (χ0n) is 18.8. The van der Waals surface area contributed by atoms with Gasteiger partial charge in [-0.3, -0.25) is 9.69 Å². The molecule has 8 heteroatoms. The van der Waals surface area contributed by atoms with E-state index >= 15 is 0 Å². The zero-order valence-corrected chi connectivity index (χ0v) is 18.8. The lowest BCUT2D eigenvalue weighted by molar-refractivity contribution is -0.170. The van der Waals surface area contributed by atoms with Crippen LogP contribution in [0.3, 0.4) is 0 Å². The van der Waals surface area contributed by atoms with Crippen LogP contribution in [-0.4, -0.2) is 35.9 Å². The Morgan fingerprint density at radius 3 is 2.61 bits per heavy atom. The number of carbonyl (C=O) groups is 1. The second-order valence-electron chi connectivity index (χ2n) is 8.60. The third-order valence-corrected chi connectivity index (χ3v) is 6.30. The fourth-order valence-corrected chi connectivity index (χ4v) is 4.20. The van der Waals surface area contributed by atoms with E-state index in [2.05, 4.69) is 11.8 Å². The van der Waals surface area contributed by atoms with Crippen molar-refractivity contribution in [2.75, 3.05) is 18.1 Å². The lowest BCUT2D eigenvalue weighted by atomic mass is 9.87. The van der Waals surface area contributed by atoms with E-state index in [9.17, 15) is 23.1 Å². The number of anilines is 1. The van der Waals surface area contributed by atoms with Crippen molar-refractivity contribution < 1.29 is 32.5 Å². The molecule has 174 valence electrons. The second-order valence-corrected chi connectivity index (χ2v) is 8.60. The molecule has 2 heterocycles. The van der Waals surface area contributed by atoms with Crippen LogP contribution in [0.1, 0.15) is 41.2 Å². The summed E-state index contributed by atoms with van der Waals surface area (Å²) in [5.41, 5.74) is 3.05. The van der Waals surface area contributed by atoms with Gasteiger partial charge in [-0.05, 0) is 69.0 Å². The number of rotatable bonds is 0. The van der Waals surface area contributed by atoms with Gasteiger partial charge in [0, 0.05) is 17.5 Å². The van der Waals surface area contributed by atoms with E-state index in [1.807, 2.05) is 27.7 Å². The van der Waals surface area contributed by atoms with Crippen LogP contribution in [0.5, 0.6) is 17.2 Å². The van der Waals surface area contributed by atoms with E-state index in [0.717, 1.165) is 22.3 Å². The first-order chi connectivity index (χ1) is 15.4. The maximum Gasteiger partial charge on any atom is 0.471 e. The van der Waals surface area contributed by atoms with Gasteiger partial charge in [-0.1, -0.05) is 11.8 Å². The van der Waals surface area contributed by atoms with Crippen molar-refractivity contribution >= 4 is 11.6 Å². The summed E-state index contributed by atoms with van der Waals surface area (Å²) < 4.78 is 50.7. The van der Waals surface area contributed by atoms with E-state index in [1.54, 1.807) is 6.07 Å². The Morgan fingerprint density at radius 2 is 1.91 bits per heavy atom. The molecular formula is C25H24F3NO4. The summed E-state index contributed by atoms with van der Waals surface area (Å²) in [4.78, 5) is 12.5. The first-order valence-electron chi connectivity index (χ1n) is 10.6. The fourth-order valence-electron chi connectivity index (χ4n) is 4.20. The van der Waals surface area contributed by atoms with Gasteiger partial charge < -0.3 is 14.6 Å². The largest absolute Gasteiger partial charge is 0.507 e. The Bertz CT molecular complexity index is 1210. The molecule has 0 aliphatic carbocycles. The summed E-state index contributed by atoms with van der Waals surface area (Å²) in [5, 5.41) is 10.3. The monoisotopic (exact) mass is 459 g/mol. The first kappa shape index (κ1) is 22.8. The molecule has 0 spiro atoms. The molecule has 0 aromatic heterocycles. The van der Waals surface area contributed by atoms with Gasteiger partial charge in [-0.2, -0.15) is 13.2 Å². The Hall–Kier alpha value is -3.34. The van der Waals surface area contributed by atoms with Crippen molar-refractivity contribution in [1.82, 2.24) is 0 Å². The van der Waals surface area contributed by atoms with Crippen LogP contribution >= 0.6 is 0 Å². The standard InChI is InChI=1S/C25H24F3NO4/c1-14-15(2)22-18(16(3)21(14)30)8-10-24(4,33-22)9-7-17-5-6-20-19(13-17)29(11-12-32-20)23(31)25(26,27)28/h5-6,13,30H,8,10-12H2,1-4H3. The molecule has 2 aliphatic heterocycles. The topological polar surface area (TPSA) is 59.0 Å². The minimum Gasteiger partial charge on any atom is -0.507 e. The van der Waals surface area contributed by atoms with Crippen molar-refractivity contribution in [3.05, 3.63) is 46.0 Å². The van der Waals surface area contributed by atoms with Crippen LogP contribution in [0, 0.1) is 32.6 Å². The van der Waals surface area contributed by atoms with Gasteiger partial charge >= 0.3 is 12.1 Å². The number of ether oxygens (including phenoxy) is 2. The van der Waals surface area contributed by atoms with Gasteiger partial charge in [-0.15, -0.1) is 0 Å². The molecule has 0 radical (unpaired) electrons. The fraction of sp³-hybridized carbons (Fsp3) is 0.400. The molecule has 1 unspecified atom stereocenters. The molecule has 2 aromatic carbocycles. The summed E-state index contributed by atoms with van der Waals surface area (Å²) in [7, 11) is 0. The number of carbonyl (C=O) groups excluding carboxylic acids is 1. The SMILES string of the molecule is Cc1c(C)c2c(c(C)c1O)CCC(C)(C#Cc1ccc3c(c1)N(C(=O)C(F)(F)F)CCO3)O2. The lowest BCUT2D eigenvalue weighted by Crippen LogP contribution is -2.45. The minimum atomic E-state index is -4.98. The number of phenolic OH excluding ortho intramolecular Hbond substituents is 1. The molecule has 0 bridgehead atoms. The number of nitrogens with zero attached hydrogens (tertiary/aromatic N) is 1. The van der Waals surface area contributed by atoms with Gasteiger partial charge in [0.2, 0.25) is 0 Å². The highest BCUT2D eigenvalue weighted by atomic mass is 19.4. The highest BCUT2D eigenvalue weighted by Gasteiger charge is 2.44. The van der Waals surface area contributed by atoms with Gasteiger partial charge in [-0.25, -0.2) is 0 Å². The highest BCUT2D eigenvalue weighted by Crippen LogP contribution is 2.43. The molecule has 0 fully saturated rings. The van der Waals surface area contributed by atoms with Crippen molar-refractivity contribution in [3.8, 4) is 29.1 Å².